The summed E-state index contributed by atoms with van der Waals surface area (Å²) < 4.78 is 18.2. The molecule has 1 saturated heterocycles. The molecule has 334 valence electrons. The topological polar surface area (TPSA) is 169 Å². The van der Waals surface area contributed by atoms with Crippen LogP contribution in [0.5, 0.6) is 5.75 Å². The molecule has 4 saturated carbocycles. The Bertz CT molecular complexity index is 2180. The first-order chi connectivity index (χ1) is 30.4. The van der Waals surface area contributed by atoms with Gasteiger partial charge in [-0.3, -0.25) is 14.4 Å². The number of hydrogen-bond acceptors (Lipinski definition) is 9. The SMILES string of the molecule is [C-]#[N+]/C=C/c1ccc(C2(OC)OOC23C2CC4CC(C2)CC3C4)c(Cl)c1OCc1ccc(CC(=O)C(CCCNC(N)=O)NC(=O)C(CC(=O)OCc2ccccc2)C(C)C)cc1. The number of urea groups is 1. The summed E-state index contributed by atoms with van der Waals surface area (Å²) in [4.78, 5) is 67.2. The summed E-state index contributed by atoms with van der Waals surface area (Å²) in [6.07, 6.45) is 9.10. The molecule has 3 unspecified atom stereocenters. The highest BCUT2D eigenvalue weighted by Crippen LogP contribution is 2.70. The number of primary amides is 1. The Hall–Kier alpha value is -5.26. The van der Waals surface area contributed by atoms with Crippen molar-refractivity contribution in [1.29, 1.82) is 0 Å². The predicted molar refractivity (Wildman–Crippen MR) is 235 cm³/mol. The summed E-state index contributed by atoms with van der Waals surface area (Å²) >= 11 is 7.27. The van der Waals surface area contributed by atoms with Crippen molar-refractivity contribution in [2.24, 2.45) is 41.2 Å². The van der Waals surface area contributed by atoms with Gasteiger partial charge in [0.25, 0.3) is 5.79 Å². The number of carbonyl (C=O) groups excluding carboxylic acids is 4. The van der Waals surface area contributed by atoms with Crippen LogP contribution in [0.15, 0.2) is 72.9 Å². The number of esters is 1. The lowest BCUT2D eigenvalue weighted by Crippen LogP contribution is -2.76. The number of nitrogens with two attached hydrogens (primary N) is 1. The van der Waals surface area contributed by atoms with Crippen molar-refractivity contribution >= 4 is 41.4 Å². The molecule has 1 spiro atoms. The second-order valence-electron chi connectivity index (χ2n) is 17.8. The van der Waals surface area contributed by atoms with Gasteiger partial charge in [0.05, 0.1) is 30.0 Å². The van der Waals surface area contributed by atoms with Crippen molar-refractivity contribution in [1.82, 2.24) is 10.6 Å². The maximum atomic E-state index is 13.9. The Morgan fingerprint density at radius 2 is 1.59 bits per heavy atom. The van der Waals surface area contributed by atoms with E-state index in [2.05, 4.69) is 15.5 Å². The van der Waals surface area contributed by atoms with Gasteiger partial charge in [-0.15, -0.1) is 0 Å². The molecular formula is C49H57ClN4O9. The molecule has 3 aromatic carbocycles. The van der Waals surface area contributed by atoms with E-state index in [1.807, 2.05) is 80.6 Å². The molecule has 3 aromatic rings. The summed E-state index contributed by atoms with van der Waals surface area (Å²) in [6, 6.07) is 18.8. The second-order valence-corrected chi connectivity index (χ2v) is 18.2. The molecular weight excluding hydrogens is 824 g/mol. The van der Waals surface area contributed by atoms with Crippen molar-refractivity contribution in [2.75, 3.05) is 13.7 Å². The van der Waals surface area contributed by atoms with E-state index in [-0.39, 0.29) is 50.7 Å². The predicted octanol–water partition coefficient (Wildman–Crippen LogP) is 8.22. The molecule has 4 bridgehead atoms. The Morgan fingerprint density at radius 1 is 0.921 bits per heavy atom. The highest BCUT2D eigenvalue weighted by Gasteiger charge is 2.77. The Kier molecular flexibility index (Phi) is 14.6. The third kappa shape index (κ3) is 9.80. The zero-order chi connectivity index (χ0) is 44.7. The molecule has 3 amide bonds. The molecule has 63 heavy (non-hydrogen) atoms. The summed E-state index contributed by atoms with van der Waals surface area (Å²) in [5.74, 6) is -0.952. The maximum Gasteiger partial charge on any atom is 0.312 e. The first kappa shape index (κ1) is 45.8. The fourth-order valence-corrected chi connectivity index (χ4v) is 10.9. The van der Waals surface area contributed by atoms with Crippen LogP contribution >= 0.6 is 11.6 Å². The fourth-order valence-electron chi connectivity index (χ4n) is 10.5. The van der Waals surface area contributed by atoms with Gasteiger partial charge in [-0.1, -0.05) is 98.3 Å². The van der Waals surface area contributed by atoms with Crippen LogP contribution in [-0.2, 0) is 59.1 Å². The smallest absolute Gasteiger partial charge is 0.312 e. The van der Waals surface area contributed by atoms with Crippen LogP contribution < -0.4 is 21.1 Å². The second kappa shape index (κ2) is 20.1. The van der Waals surface area contributed by atoms with Gasteiger partial charge in [0, 0.05) is 31.2 Å². The van der Waals surface area contributed by atoms with E-state index in [1.165, 1.54) is 12.6 Å². The molecule has 13 nitrogen and oxygen atoms in total. The average molecular weight is 881 g/mol. The zero-order valence-electron chi connectivity index (χ0n) is 36.1. The summed E-state index contributed by atoms with van der Waals surface area (Å²) in [5, 5.41) is 5.75. The van der Waals surface area contributed by atoms with Gasteiger partial charge in [-0.2, -0.15) is 4.89 Å². The number of hydrogen-bond donors (Lipinski definition) is 3. The van der Waals surface area contributed by atoms with Crippen LogP contribution in [0.25, 0.3) is 10.9 Å². The van der Waals surface area contributed by atoms with Crippen LogP contribution in [-0.4, -0.2) is 49.0 Å². The lowest BCUT2D eigenvalue weighted by atomic mass is 9.47. The van der Waals surface area contributed by atoms with Crippen LogP contribution in [0.3, 0.4) is 0 Å². The summed E-state index contributed by atoms with van der Waals surface area (Å²) in [5.41, 5.74) is 8.20. The van der Waals surface area contributed by atoms with Gasteiger partial charge in [0.1, 0.15) is 19.0 Å². The summed E-state index contributed by atoms with van der Waals surface area (Å²) in [6.45, 7) is 11.5. The lowest BCUT2D eigenvalue weighted by Gasteiger charge is -2.68. The molecule has 1 aliphatic heterocycles. The molecule has 0 radical (unpaired) electrons. The standard InChI is InChI=1S/C49H57ClN4O9/c1-30(2)39(27-43(56)60-28-32-9-6-5-7-10-32)46(57)54-41(11-8-19-53-47(51)58)42(55)26-31-12-14-33(15-13-31)29-61-45-36(18-20-52-3)16-17-40(44(45)50)49(59-4)48(62-63-49)37-22-34-21-35(24-37)25-38(48)23-34/h5-7,9-10,12-18,20,30,34-35,37-39,41H,8,11,19,21-29H2,1-2,4H3,(H,54,57)(H3,51,53,58)/b20-18+. The van der Waals surface area contributed by atoms with E-state index in [0.29, 0.717) is 57.6 Å². The van der Waals surface area contributed by atoms with Crippen molar-refractivity contribution in [2.45, 2.75) is 102 Å². The zero-order valence-corrected chi connectivity index (χ0v) is 36.9. The Morgan fingerprint density at radius 3 is 2.19 bits per heavy atom. The average Bonchev–Trinajstić information content (AvgIpc) is 3.25. The van der Waals surface area contributed by atoms with E-state index in [0.717, 1.165) is 36.8 Å². The van der Waals surface area contributed by atoms with Crippen LogP contribution in [0.4, 0.5) is 4.79 Å². The number of Topliss-reactive ketones (excluding diaryl/α,β-unsaturated/α-hetero) is 1. The van der Waals surface area contributed by atoms with Gasteiger partial charge in [0.15, 0.2) is 17.6 Å². The van der Waals surface area contributed by atoms with Gasteiger partial charge in [0.2, 0.25) is 5.91 Å². The lowest BCUT2D eigenvalue weighted by molar-refractivity contribution is -0.645. The number of amides is 3. The van der Waals surface area contributed by atoms with Crippen LogP contribution in [0, 0.1) is 42.1 Å². The van der Waals surface area contributed by atoms with Gasteiger partial charge in [-0.25, -0.2) is 14.5 Å². The maximum absolute atomic E-state index is 13.9. The van der Waals surface area contributed by atoms with Crippen LogP contribution in [0.2, 0.25) is 5.02 Å². The molecule has 14 heteroatoms. The number of benzene rings is 3. The minimum Gasteiger partial charge on any atom is -0.487 e. The minimum absolute atomic E-state index is 0.0205. The third-order valence-electron chi connectivity index (χ3n) is 13.5. The van der Waals surface area contributed by atoms with Crippen molar-refractivity contribution < 1.29 is 43.2 Å². The number of ether oxygens (including phenoxy) is 3. The normalized spacial score (nSPS) is 25.3. The number of methoxy groups -OCH3 is 1. The number of nitrogens with one attached hydrogen (secondary N) is 2. The van der Waals surface area contributed by atoms with Gasteiger partial charge >= 0.3 is 12.0 Å². The number of rotatable bonds is 20. The van der Waals surface area contributed by atoms with Gasteiger partial charge < -0.3 is 30.6 Å². The molecule has 1 heterocycles. The highest BCUT2D eigenvalue weighted by atomic mass is 35.5. The van der Waals surface area contributed by atoms with Crippen LogP contribution in [0.1, 0.15) is 93.0 Å². The molecule has 5 aliphatic rings. The number of halogens is 1. The fraction of sp³-hybridized carbons (Fsp3) is 0.490. The molecule has 0 aromatic heterocycles. The number of nitrogens with zero attached hydrogens (tertiary/aromatic N) is 1. The first-order valence-electron chi connectivity index (χ1n) is 21.9. The molecule has 4 aliphatic carbocycles. The molecule has 5 fully saturated rings. The monoisotopic (exact) mass is 880 g/mol. The summed E-state index contributed by atoms with van der Waals surface area (Å²) in [7, 11) is 1.64. The van der Waals surface area contributed by atoms with E-state index >= 15 is 0 Å². The van der Waals surface area contributed by atoms with E-state index in [9.17, 15) is 19.2 Å². The molecule has 3 atom stereocenters. The number of ketones is 1. The molecule has 4 N–H and O–H groups in total. The minimum atomic E-state index is -1.21. The van der Waals surface area contributed by atoms with Crippen molar-refractivity contribution in [3.8, 4) is 5.75 Å². The quantitative estimate of drug-likeness (QED) is 0.0438. The van der Waals surface area contributed by atoms with Crippen molar-refractivity contribution in [3.05, 3.63) is 117 Å². The van der Waals surface area contributed by atoms with E-state index < -0.39 is 41.3 Å². The highest BCUT2D eigenvalue weighted by molar-refractivity contribution is 6.33. The van der Waals surface area contributed by atoms with Gasteiger partial charge in [-0.05, 0) is 91.2 Å². The largest absolute Gasteiger partial charge is 0.487 e. The third-order valence-corrected chi connectivity index (χ3v) is 13.9. The Labute approximate surface area is 374 Å². The number of carbonyl (C=O) groups is 4. The first-order valence-corrected chi connectivity index (χ1v) is 22.3. The van der Waals surface area contributed by atoms with Crippen molar-refractivity contribution in [3.63, 3.8) is 0 Å². The van der Waals surface area contributed by atoms with E-state index in [4.69, 9.17) is 47.9 Å². The van der Waals surface area contributed by atoms with E-state index in [1.54, 1.807) is 13.2 Å². The molecule has 8 rings (SSSR count). The Balaban J connectivity index is 1.02.